The first-order chi connectivity index (χ1) is 31.0. The van der Waals surface area contributed by atoms with Crippen LogP contribution in [0.1, 0.15) is 264 Å². The van der Waals surface area contributed by atoms with Gasteiger partial charge in [0.15, 0.2) is 0 Å². The Kier molecular flexibility index (Phi) is 50.2. The van der Waals surface area contributed by atoms with E-state index in [2.05, 4.69) is 67.8 Å². The Hall–Kier alpha value is -2.44. The molecule has 2 atom stereocenters. The SMILES string of the molecule is CCCCC/C=C\C/C=C\CCCCCCCC(=O)OCCCCC/C=C\C=C/CCCCCCCCC(=O)NC(CO)C(O)/C=C/CCCCCCCCCCCCCCCC. The smallest absolute Gasteiger partial charge is 0.305 e. The molecule has 0 aromatic carbocycles. The zero-order valence-electron chi connectivity index (χ0n) is 41.5. The van der Waals surface area contributed by atoms with Crippen molar-refractivity contribution in [2.45, 2.75) is 276 Å². The largest absolute Gasteiger partial charge is 0.466 e. The van der Waals surface area contributed by atoms with Gasteiger partial charge >= 0.3 is 5.97 Å². The number of ether oxygens (including phenoxy) is 1. The summed E-state index contributed by atoms with van der Waals surface area (Å²) in [6.07, 6.45) is 66.5. The molecule has 0 rings (SSSR count). The Morgan fingerprint density at radius 3 is 1.33 bits per heavy atom. The molecule has 0 aliphatic carbocycles. The average Bonchev–Trinajstić information content (AvgIpc) is 3.28. The molecule has 0 aromatic rings. The minimum atomic E-state index is -0.860. The number of hydrogen-bond acceptors (Lipinski definition) is 5. The molecule has 1 amide bonds. The topological polar surface area (TPSA) is 95.9 Å². The number of carbonyl (C=O) groups is 2. The molecular formula is C57H103NO5. The summed E-state index contributed by atoms with van der Waals surface area (Å²) in [7, 11) is 0. The molecule has 0 saturated carbocycles. The van der Waals surface area contributed by atoms with Crippen LogP contribution in [0.15, 0.2) is 60.8 Å². The first-order valence-electron chi connectivity index (χ1n) is 27.1. The summed E-state index contributed by atoms with van der Waals surface area (Å²) in [6, 6.07) is -0.646. The standard InChI is InChI=1S/C57H103NO5/c1-3-5-7-9-11-13-15-17-19-22-25-29-33-37-41-45-49-55(60)54(53-59)58-56(61)50-46-42-38-34-30-26-23-20-24-28-32-36-40-44-48-52-63-57(62)51-47-43-39-35-31-27-21-18-16-14-12-10-8-6-4-2/h12,14,18,20-21,24,28,32,45,49,54-55,59-60H,3-11,13,15-17,19,22-23,25-27,29-31,33-44,46-48,50-53H2,1-2H3,(H,58,61)/b14-12-,21-18-,24-20-,32-28-,49-45+. The van der Waals surface area contributed by atoms with Crippen LogP contribution in [-0.4, -0.2) is 47.4 Å². The molecule has 0 aliphatic rings. The predicted molar refractivity (Wildman–Crippen MR) is 273 cm³/mol. The summed E-state index contributed by atoms with van der Waals surface area (Å²) in [6.45, 7) is 4.80. The highest BCUT2D eigenvalue weighted by atomic mass is 16.5. The van der Waals surface area contributed by atoms with Gasteiger partial charge in [-0.3, -0.25) is 9.59 Å². The van der Waals surface area contributed by atoms with Gasteiger partial charge in [0.1, 0.15) is 0 Å². The number of aliphatic hydroxyl groups excluding tert-OH is 2. The maximum absolute atomic E-state index is 12.4. The third kappa shape index (κ3) is 48.8. The van der Waals surface area contributed by atoms with Crippen LogP contribution in [0.4, 0.5) is 0 Å². The van der Waals surface area contributed by atoms with Gasteiger partial charge in [-0.1, -0.05) is 216 Å². The van der Waals surface area contributed by atoms with Crippen LogP contribution in [0.5, 0.6) is 0 Å². The first kappa shape index (κ1) is 60.6. The van der Waals surface area contributed by atoms with Gasteiger partial charge in [-0.25, -0.2) is 0 Å². The van der Waals surface area contributed by atoms with Gasteiger partial charge < -0.3 is 20.3 Å². The molecule has 3 N–H and O–H groups in total. The van der Waals surface area contributed by atoms with Crippen LogP contribution in [0.25, 0.3) is 0 Å². The van der Waals surface area contributed by atoms with Crippen molar-refractivity contribution in [1.29, 1.82) is 0 Å². The van der Waals surface area contributed by atoms with E-state index in [1.807, 2.05) is 6.08 Å². The van der Waals surface area contributed by atoms with Crippen molar-refractivity contribution in [3.8, 4) is 0 Å². The number of rotatable bonds is 49. The van der Waals surface area contributed by atoms with E-state index in [0.717, 1.165) is 89.9 Å². The van der Waals surface area contributed by atoms with Crippen LogP contribution >= 0.6 is 0 Å². The second kappa shape index (κ2) is 52.2. The number of nitrogens with one attached hydrogen (secondary N) is 1. The Labute approximate surface area is 390 Å². The lowest BCUT2D eigenvalue weighted by atomic mass is 10.0. The van der Waals surface area contributed by atoms with Crippen LogP contribution in [0, 0.1) is 0 Å². The zero-order valence-corrected chi connectivity index (χ0v) is 41.5. The van der Waals surface area contributed by atoms with E-state index >= 15 is 0 Å². The van der Waals surface area contributed by atoms with E-state index in [-0.39, 0.29) is 18.5 Å². The van der Waals surface area contributed by atoms with Crippen LogP contribution in [-0.2, 0) is 14.3 Å². The molecule has 6 heteroatoms. The van der Waals surface area contributed by atoms with E-state index < -0.39 is 12.1 Å². The minimum Gasteiger partial charge on any atom is -0.466 e. The fourth-order valence-corrected chi connectivity index (χ4v) is 7.83. The lowest BCUT2D eigenvalue weighted by Gasteiger charge is -2.20. The molecule has 63 heavy (non-hydrogen) atoms. The summed E-state index contributed by atoms with van der Waals surface area (Å²) in [5, 5.41) is 23.1. The molecule has 0 aliphatic heterocycles. The molecular weight excluding hydrogens is 779 g/mol. The monoisotopic (exact) mass is 882 g/mol. The van der Waals surface area contributed by atoms with E-state index in [1.165, 1.54) is 148 Å². The third-order valence-corrected chi connectivity index (χ3v) is 12.0. The Balaban J connectivity index is 3.58. The predicted octanol–water partition coefficient (Wildman–Crippen LogP) is 16.4. The molecule has 0 aromatic heterocycles. The van der Waals surface area contributed by atoms with E-state index in [1.54, 1.807) is 6.08 Å². The van der Waals surface area contributed by atoms with Crippen LogP contribution in [0.2, 0.25) is 0 Å². The number of allylic oxidation sites excluding steroid dienone is 9. The fraction of sp³-hybridized carbons (Fsp3) is 0.789. The Morgan fingerprint density at radius 2 is 0.841 bits per heavy atom. The molecule has 366 valence electrons. The molecule has 0 radical (unpaired) electrons. The van der Waals surface area contributed by atoms with Crippen molar-refractivity contribution in [3.63, 3.8) is 0 Å². The molecule has 0 saturated heterocycles. The first-order valence-corrected chi connectivity index (χ1v) is 27.1. The summed E-state index contributed by atoms with van der Waals surface area (Å²) in [5.74, 6) is -0.130. The average molecular weight is 882 g/mol. The number of hydrogen-bond donors (Lipinski definition) is 3. The van der Waals surface area contributed by atoms with Crippen molar-refractivity contribution >= 4 is 11.9 Å². The summed E-state index contributed by atoms with van der Waals surface area (Å²) >= 11 is 0. The molecule has 0 bridgehead atoms. The summed E-state index contributed by atoms with van der Waals surface area (Å²) in [5.41, 5.74) is 0. The second-order valence-electron chi connectivity index (χ2n) is 18.2. The van der Waals surface area contributed by atoms with Crippen molar-refractivity contribution < 1.29 is 24.5 Å². The molecule has 0 heterocycles. The minimum absolute atomic E-state index is 0.0378. The summed E-state index contributed by atoms with van der Waals surface area (Å²) in [4.78, 5) is 24.5. The molecule has 6 nitrogen and oxygen atoms in total. The van der Waals surface area contributed by atoms with Crippen LogP contribution in [0.3, 0.4) is 0 Å². The number of unbranched alkanes of at least 4 members (excludes halogenated alkanes) is 31. The Bertz CT molecular complexity index is 1110. The van der Waals surface area contributed by atoms with Crippen molar-refractivity contribution in [2.24, 2.45) is 0 Å². The van der Waals surface area contributed by atoms with Crippen molar-refractivity contribution in [3.05, 3.63) is 60.8 Å². The van der Waals surface area contributed by atoms with Crippen molar-refractivity contribution in [1.82, 2.24) is 5.32 Å². The van der Waals surface area contributed by atoms with Gasteiger partial charge in [-0.05, 0) is 96.3 Å². The van der Waals surface area contributed by atoms with E-state index in [0.29, 0.717) is 19.4 Å². The molecule has 2 unspecified atom stereocenters. The van der Waals surface area contributed by atoms with Crippen LogP contribution < -0.4 is 5.32 Å². The third-order valence-electron chi connectivity index (χ3n) is 12.0. The quantitative estimate of drug-likeness (QED) is 0.0245. The van der Waals surface area contributed by atoms with E-state index in [4.69, 9.17) is 4.74 Å². The normalized spacial score (nSPS) is 13.1. The fourth-order valence-electron chi connectivity index (χ4n) is 7.83. The van der Waals surface area contributed by atoms with Crippen molar-refractivity contribution in [2.75, 3.05) is 13.2 Å². The lowest BCUT2D eigenvalue weighted by molar-refractivity contribution is -0.143. The van der Waals surface area contributed by atoms with Gasteiger partial charge in [0.25, 0.3) is 0 Å². The lowest BCUT2D eigenvalue weighted by Crippen LogP contribution is -2.45. The number of amides is 1. The highest BCUT2D eigenvalue weighted by Gasteiger charge is 2.18. The Morgan fingerprint density at radius 1 is 0.460 bits per heavy atom. The van der Waals surface area contributed by atoms with Gasteiger partial charge in [-0.2, -0.15) is 0 Å². The second-order valence-corrected chi connectivity index (χ2v) is 18.2. The highest BCUT2D eigenvalue weighted by molar-refractivity contribution is 5.76. The number of carbonyl (C=O) groups excluding carboxylic acids is 2. The zero-order chi connectivity index (χ0) is 45.8. The summed E-state index contributed by atoms with van der Waals surface area (Å²) < 4.78 is 5.43. The van der Waals surface area contributed by atoms with E-state index in [9.17, 15) is 19.8 Å². The highest BCUT2D eigenvalue weighted by Crippen LogP contribution is 2.15. The molecule has 0 fully saturated rings. The number of esters is 1. The van der Waals surface area contributed by atoms with Gasteiger partial charge in [0.2, 0.25) is 5.91 Å². The maximum Gasteiger partial charge on any atom is 0.305 e. The number of aliphatic hydroxyl groups is 2. The van der Waals surface area contributed by atoms with Gasteiger partial charge in [0, 0.05) is 12.8 Å². The maximum atomic E-state index is 12.4. The molecule has 0 spiro atoms. The van der Waals surface area contributed by atoms with Gasteiger partial charge in [-0.15, -0.1) is 0 Å². The van der Waals surface area contributed by atoms with Gasteiger partial charge in [0.05, 0.1) is 25.4 Å².